The first kappa shape index (κ1) is 45.0. The summed E-state index contributed by atoms with van der Waals surface area (Å²) in [4.78, 5) is 4.36. The van der Waals surface area contributed by atoms with Gasteiger partial charge in [0.2, 0.25) is 0 Å². The lowest BCUT2D eigenvalue weighted by Gasteiger charge is -2.29. The van der Waals surface area contributed by atoms with Crippen LogP contribution in [0.3, 0.4) is 0 Å². The molecule has 9 aromatic rings. The molecule has 2 nitrogen and oxygen atoms in total. The standard InChI is InChI=1S/C61H54F4N2/c1-36(2)41-10-14-49(15-11-41)66(53-24-37(3)22-38(4)25-53)51-18-20-55-57(34-51)59(42-28-45(62)32-46(63)29-42)56-21-19-52(35-58(56)60(55)43-30-47(64)33-48(65)31-43)67(54-26-39(5)23-40(6)27-54)50-16-12-44(13-17-50)61(7,8)9/h10-36H,1-9H3. The van der Waals surface area contributed by atoms with Crippen LogP contribution >= 0.6 is 0 Å². The highest BCUT2D eigenvalue weighted by Crippen LogP contribution is 2.49. The van der Waals surface area contributed by atoms with Crippen LogP contribution in [0.15, 0.2) is 158 Å². The second-order valence-corrected chi connectivity index (χ2v) is 19.4. The third-order valence-electron chi connectivity index (χ3n) is 12.6. The smallest absolute Gasteiger partial charge is 0.126 e. The van der Waals surface area contributed by atoms with Crippen LogP contribution in [0.4, 0.5) is 51.7 Å². The molecule has 0 bridgehead atoms. The molecule has 0 fully saturated rings. The minimum atomic E-state index is -0.720. The molecule has 336 valence electrons. The van der Waals surface area contributed by atoms with Gasteiger partial charge < -0.3 is 9.80 Å². The molecule has 0 atom stereocenters. The van der Waals surface area contributed by atoms with Gasteiger partial charge in [-0.05, 0) is 213 Å². The van der Waals surface area contributed by atoms with Crippen molar-refractivity contribution in [1.29, 1.82) is 0 Å². The fourth-order valence-corrected chi connectivity index (χ4v) is 9.67. The molecule has 6 heteroatoms. The summed E-state index contributed by atoms with van der Waals surface area (Å²) < 4.78 is 62.2. The van der Waals surface area contributed by atoms with E-state index in [1.165, 1.54) is 35.4 Å². The maximum Gasteiger partial charge on any atom is 0.126 e. The van der Waals surface area contributed by atoms with Crippen molar-refractivity contribution >= 4 is 55.7 Å². The van der Waals surface area contributed by atoms with Gasteiger partial charge in [0.1, 0.15) is 23.3 Å². The third-order valence-corrected chi connectivity index (χ3v) is 12.6. The van der Waals surface area contributed by atoms with Crippen LogP contribution in [-0.2, 0) is 5.41 Å². The minimum absolute atomic E-state index is 0.0660. The van der Waals surface area contributed by atoms with Gasteiger partial charge in [-0.2, -0.15) is 0 Å². The summed E-state index contributed by atoms with van der Waals surface area (Å²) in [6.07, 6.45) is 0. The zero-order valence-corrected chi connectivity index (χ0v) is 39.5. The summed E-state index contributed by atoms with van der Waals surface area (Å²) in [6, 6.07) is 49.0. The van der Waals surface area contributed by atoms with E-state index in [1.807, 2.05) is 36.4 Å². The largest absolute Gasteiger partial charge is 0.310 e. The van der Waals surface area contributed by atoms with Crippen LogP contribution < -0.4 is 9.80 Å². The van der Waals surface area contributed by atoms with Gasteiger partial charge in [-0.3, -0.25) is 0 Å². The van der Waals surface area contributed by atoms with Gasteiger partial charge in [-0.15, -0.1) is 0 Å². The molecule has 0 aliphatic heterocycles. The zero-order valence-electron chi connectivity index (χ0n) is 39.5. The van der Waals surface area contributed by atoms with E-state index in [-0.39, 0.29) is 5.41 Å². The van der Waals surface area contributed by atoms with Gasteiger partial charge >= 0.3 is 0 Å². The first-order valence-corrected chi connectivity index (χ1v) is 22.8. The molecule has 0 aromatic heterocycles. The van der Waals surface area contributed by atoms with E-state index in [2.05, 4.69) is 157 Å². The summed E-state index contributed by atoms with van der Waals surface area (Å²) in [7, 11) is 0. The predicted octanol–water partition coefficient (Wildman–Crippen LogP) is 18.5. The number of aryl methyl sites for hydroxylation is 4. The number of benzene rings is 9. The number of nitrogens with zero attached hydrogens (tertiary/aromatic N) is 2. The zero-order chi connectivity index (χ0) is 47.5. The fourth-order valence-electron chi connectivity index (χ4n) is 9.67. The van der Waals surface area contributed by atoms with Gasteiger partial charge in [0.05, 0.1) is 0 Å². The van der Waals surface area contributed by atoms with Gasteiger partial charge in [-0.1, -0.05) is 83.1 Å². The van der Waals surface area contributed by atoms with Crippen molar-refractivity contribution in [3.8, 4) is 22.3 Å². The number of halogens is 4. The van der Waals surface area contributed by atoms with Gasteiger partial charge in [-0.25, -0.2) is 17.6 Å². The molecule has 0 unspecified atom stereocenters. The highest BCUT2D eigenvalue weighted by atomic mass is 19.1. The number of rotatable bonds is 9. The number of anilines is 6. The van der Waals surface area contributed by atoms with Gasteiger partial charge in [0.25, 0.3) is 0 Å². The molecular formula is C61H54F4N2. The maximum atomic E-state index is 15.5. The Morgan fingerprint density at radius 3 is 1.04 bits per heavy atom. The van der Waals surface area contributed by atoms with E-state index in [0.717, 1.165) is 68.5 Å². The lowest BCUT2D eigenvalue weighted by molar-refractivity contribution is 0.583. The summed E-state index contributed by atoms with van der Waals surface area (Å²) in [5.41, 5.74) is 13.8. The second-order valence-electron chi connectivity index (χ2n) is 19.4. The summed E-state index contributed by atoms with van der Waals surface area (Å²) in [5, 5.41) is 2.61. The average Bonchev–Trinajstić information content (AvgIpc) is 3.24. The van der Waals surface area contributed by atoms with Crippen molar-refractivity contribution in [3.63, 3.8) is 0 Å². The monoisotopic (exact) mass is 890 g/mol. The molecule has 67 heavy (non-hydrogen) atoms. The Labute approximate surface area is 391 Å². The Hall–Kier alpha value is -7.18. The molecule has 9 aromatic carbocycles. The van der Waals surface area contributed by atoms with E-state index in [4.69, 9.17) is 0 Å². The topological polar surface area (TPSA) is 6.48 Å². The molecule has 0 spiro atoms. The molecule has 0 radical (unpaired) electrons. The van der Waals surface area contributed by atoms with Crippen LogP contribution in [0.1, 0.15) is 73.9 Å². The predicted molar refractivity (Wildman–Crippen MR) is 273 cm³/mol. The summed E-state index contributed by atoms with van der Waals surface area (Å²) in [5.74, 6) is -2.55. The van der Waals surface area contributed by atoms with Crippen LogP contribution in [0.5, 0.6) is 0 Å². The van der Waals surface area contributed by atoms with Crippen molar-refractivity contribution < 1.29 is 17.6 Å². The lowest BCUT2D eigenvalue weighted by Crippen LogP contribution is -2.13. The summed E-state index contributed by atoms with van der Waals surface area (Å²) >= 11 is 0. The van der Waals surface area contributed by atoms with Crippen LogP contribution in [0, 0.1) is 51.0 Å². The van der Waals surface area contributed by atoms with Crippen LogP contribution in [0.25, 0.3) is 43.8 Å². The van der Waals surface area contributed by atoms with E-state index >= 15 is 17.6 Å². The Bertz CT molecular complexity index is 3260. The van der Waals surface area contributed by atoms with Gasteiger partial charge in [0, 0.05) is 46.3 Å². The van der Waals surface area contributed by atoms with Crippen molar-refractivity contribution in [2.24, 2.45) is 0 Å². The lowest BCUT2D eigenvalue weighted by atomic mass is 9.85. The third kappa shape index (κ3) is 9.05. The Kier molecular flexibility index (Phi) is 11.8. The summed E-state index contributed by atoms with van der Waals surface area (Å²) in [6.45, 7) is 19.2. The van der Waals surface area contributed by atoms with E-state index in [1.54, 1.807) is 0 Å². The first-order chi connectivity index (χ1) is 31.9. The molecule has 0 saturated carbocycles. The van der Waals surface area contributed by atoms with Crippen molar-refractivity contribution in [2.45, 2.75) is 73.6 Å². The molecule has 0 aliphatic rings. The molecule has 0 aliphatic carbocycles. The molecule has 0 heterocycles. The highest BCUT2D eigenvalue weighted by Gasteiger charge is 2.24. The minimum Gasteiger partial charge on any atom is -0.310 e. The molecular weight excluding hydrogens is 837 g/mol. The number of fused-ring (bicyclic) bond motifs is 2. The van der Waals surface area contributed by atoms with Crippen molar-refractivity contribution in [2.75, 3.05) is 9.80 Å². The van der Waals surface area contributed by atoms with Crippen molar-refractivity contribution in [3.05, 3.63) is 214 Å². The number of hydrogen-bond donors (Lipinski definition) is 0. The van der Waals surface area contributed by atoms with Crippen molar-refractivity contribution in [1.82, 2.24) is 0 Å². The van der Waals surface area contributed by atoms with Crippen LogP contribution in [0.2, 0.25) is 0 Å². The molecule has 0 amide bonds. The fraction of sp³-hybridized carbons (Fsp3) is 0.180. The van der Waals surface area contributed by atoms with Gasteiger partial charge in [0.15, 0.2) is 0 Å². The normalized spacial score (nSPS) is 11.8. The highest BCUT2D eigenvalue weighted by molar-refractivity contribution is 6.22. The molecule has 0 N–H and O–H groups in total. The molecule has 0 saturated heterocycles. The van der Waals surface area contributed by atoms with E-state index in [0.29, 0.717) is 49.7 Å². The number of hydrogen-bond acceptors (Lipinski definition) is 2. The SMILES string of the molecule is Cc1cc(C)cc(N(c2ccc(C(C)C)cc2)c2ccc3c(-c4cc(F)cc(F)c4)c4cc(N(c5ccc(C(C)(C)C)cc5)c5cc(C)cc(C)c5)ccc4c(-c4cc(F)cc(F)c4)c3c2)c1. The quantitative estimate of drug-likeness (QED) is 0.105. The Balaban J connectivity index is 1.40. The van der Waals surface area contributed by atoms with Crippen LogP contribution in [-0.4, -0.2) is 0 Å². The Morgan fingerprint density at radius 1 is 0.358 bits per heavy atom. The average molecular weight is 891 g/mol. The van der Waals surface area contributed by atoms with E-state index in [9.17, 15) is 0 Å². The van der Waals surface area contributed by atoms with E-state index < -0.39 is 23.3 Å². The second kappa shape index (κ2) is 17.6. The maximum absolute atomic E-state index is 15.5. The molecule has 9 rings (SSSR count). The first-order valence-electron chi connectivity index (χ1n) is 22.8. The Morgan fingerprint density at radius 2 is 0.701 bits per heavy atom.